The van der Waals surface area contributed by atoms with Gasteiger partial charge in [0.15, 0.2) is 11.5 Å². The number of carbonyl (C=O) groups excluding carboxylic acids is 1. The second kappa shape index (κ2) is 7.52. The number of benzene rings is 1. The zero-order valence-corrected chi connectivity index (χ0v) is 15.3. The normalized spacial score (nSPS) is 25.2. The third-order valence-corrected chi connectivity index (χ3v) is 5.72. The van der Waals surface area contributed by atoms with Gasteiger partial charge in [0, 0.05) is 18.7 Å². The average molecular weight is 348 g/mol. The molecule has 25 heavy (non-hydrogen) atoms. The van der Waals surface area contributed by atoms with Crippen molar-refractivity contribution in [1.82, 2.24) is 10.6 Å². The second-order valence-electron chi connectivity index (χ2n) is 6.91. The van der Waals surface area contributed by atoms with Gasteiger partial charge in [-0.25, -0.2) is 0 Å². The van der Waals surface area contributed by atoms with E-state index in [1.54, 1.807) is 21.3 Å². The molecule has 1 aliphatic carbocycles. The van der Waals surface area contributed by atoms with Crippen molar-refractivity contribution in [2.75, 3.05) is 34.4 Å². The summed E-state index contributed by atoms with van der Waals surface area (Å²) in [5.41, 5.74) is 0.630. The fraction of sp³-hybridized carbons (Fsp3) is 0.632. The number of fused-ring (bicyclic) bond motifs is 1. The van der Waals surface area contributed by atoms with Crippen molar-refractivity contribution in [3.63, 3.8) is 0 Å². The maximum atomic E-state index is 13.0. The van der Waals surface area contributed by atoms with Crippen LogP contribution in [0.5, 0.6) is 17.2 Å². The van der Waals surface area contributed by atoms with Gasteiger partial charge in [0.05, 0.1) is 26.7 Å². The number of carbonyl (C=O) groups is 1. The molecule has 2 aliphatic rings. The Morgan fingerprint density at radius 1 is 1.20 bits per heavy atom. The van der Waals surface area contributed by atoms with Crippen LogP contribution in [0.25, 0.3) is 0 Å². The van der Waals surface area contributed by atoms with Crippen molar-refractivity contribution in [3.8, 4) is 17.2 Å². The maximum Gasteiger partial charge on any atom is 0.228 e. The van der Waals surface area contributed by atoms with Crippen molar-refractivity contribution in [1.29, 1.82) is 0 Å². The van der Waals surface area contributed by atoms with Crippen molar-refractivity contribution in [2.24, 2.45) is 11.3 Å². The highest BCUT2D eigenvalue weighted by Crippen LogP contribution is 2.44. The molecule has 0 aromatic heterocycles. The molecule has 6 heteroatoms. The van der Waals surface area contributed by atoms with Crippen LogP contribution in [0, 0.1) is 11.3 Å². The molecule has 1 aromatic rings. The summed E-state index contributed by atoms with van der Waals surface area (Å²) >= 11 is 0. The van der Waals surface area contributed by atoms with Crippen molar-refractivity contribution in [3.05, 3.63) is 17.7 Å². The van der Waals surface area contributed by atoms with Crippen LogP contribution in [0.1, 0.15) is 31.2 Å². The van der Waals surface area contributed by atoms with E-state index in [9.17, 15) is 4.79 Å². The van der Waals surface area contributed by atoms with Gasteiger partial charge in [-0.2, -0.15) is 0 Å². The molecular formula is C19H28N2O4. The van der Waals surface area contributed by atoms with Crippen molar-refractivity contribution < 1.29 is 19.0 Å². The fourth-order valence-electron chi connectivity index (χ4n) is 4.34. The summed E-state index contributed by atoms with van der Waals surface area (Å²) in [7, 11) is 4.77. The Labute approximate surface area is 149 Å². The number of rotatable bonds is 6. The minimum Gasteiger partial charge on any atom is -0.493 e. The van der Waals surface area contributed by atoms with E-state index >= 15 is 0 Å². The average Bonchev–Trinajstić information content (AvgIpc) is 3.10. The summed E-state index contributed by atoms with van der Waals surface area (Å²) in [5.74, 6) is 2.37. The summed E-state index contributed by atoms with van der Waals surface area (Å²) in [5, 5.41) is 6.56. The van der Waals surface area contributed by atoms with Crippen LogP contribution in [0.15, 0.2) is 12.1 Å². The zero-order chi connectivity index (χ0) is 17.9. The molecule has 1 aromatic carbocycles. The van der Waals surface area contributed by atoms with E-state index in [0.29, 0.717) is 29.7 Å². The first-order valence-electron chi connectivity index (χ1n) is 8.93. The topological polar surface area (TPSA) is 68.8 Å². The summed E-state index contributed by atoms with van der Waals surface area (Å²) in [6.45, 7) is 2.15. The Hall–Kier alpha value is -1.95. The van der Waals surface area contributed by atoms with Crippen LogP contribution >= 0.6 is 0 Å². The lowest BCUT2D eigenvalue weighted by molar-refractivity contribution is -0.134. The first-order valence-corrected chi connectivity index (χ1v) is 8.93. The largest absolute Gasteiger partial charge is 0.493 e. The summed E-state index contributed by atoms with van der Waals surface area (Å²) in [4.78, 5) is 13.0. The molecule has 1 heterocycles. The number of amides is 1. The minimum absolute atomic E-state index is 0.152. The van der Waals surface area contributed by atoms with Gasteiger partial charge in [-0.05, 0) is 37.4 Å². The smallest absolute Gasteiger partial charge is 0.228 e. The zero-order valence-electron chi connectivity index (χ0n) is 15.3. The van der Waals surface area contributed by atoms with Crippen LogP contribution in [-0.4, -0.2) is 40.3 Å². The maximum absolute atomic E-state index is 13.0. The highest BCUT2D eigenvalue weighted by atomic mass is 16.5. The van der Waals surface area contributed by atoms with Crippen LogP contribution < -0.4 is 24.8 Å². The van der Waals surface area contributed by atoms with Crippen molar-refractivity contribution >= 4 is 5.91 Å². The Morgan fingerprint density at radius 2 is 2.00 bits per heavy atom. The van der Waals surface area contributed by atoms with Gasteiger partial charge >= 0.3 is 0 Å². The highest BCUT2D eigenvalue weighted by molar-refractivity contribution is 5.84. The van der Waals surface area contributed by atoms with Gasteiger partial charge in [0.2, 0.25) is 11.7 Å². The van der Waals surface area contributed by atoms with E-state index in [0.717, 1.165) is 37.9 Å². The molecule has 3 rings (SSSR count). The van der Waals surface area contributed by atoms with Gasteiger partial charge in [-0.1, -0.05) is 12.8 Å². The molecule has 1 saturated heterocycles. The van der Waals surface area contributed by atoms with E-state index in [4.69, 9.17) is 14.2 Å². The monoisotopic (exact) mass is 348 g/mol. The number of ether oxygens (including phenoxy) is 3. The first kappa shape index (κ1) is 17.9. The quantitative estimate of drug-likeness (QED) is 0.824. The van der Waals surface area contributed by atoms with E-state index in [-0.39, 0.29) is 11.3 Å². The molecule has 1 saturated carbocycles. The molecule has 0 unspecified atom stereocenters. The lowest BCUT2D eigenvalue weighted by atomic mass is 9.67. The third kappa shape index (κ3) is 3.15. The third-order valence-electron chi connectivity index (χ3n) is 5.72. The Bertz CT molecular complexity index is 634. The number of hydrogen-bond acceptors (Lipinski definition) is 5. The Kier molecular flexibility index (Phi) is 5.37. The van der Waals surface area contributed by atoms with Gasteiger partial charge < -0.3 is 24.8 Å². The van der Waals surface area contributed by atoms with E-state index < -0.39 is 0 Å². The molecule has 2 N–H and O–H groups in total. The molecule has 1 amide bonds. The predicted octanol–water partition coefficient (Wildman–Crippen LogP) is 2.11. The van der Waals surface area contributed by atoms with Gasteiger partial charge in [-0.15, -0.1) is 0 Å². The van der Waals surface area contributed by atoms with Gasteiger partial charge in [-0.3, -0.25) is 4.79 Å². The molecule has 1 aliphatic heterocycles. The van der Waals surface area contributed by atoms with Crippen LogP contribution in [0.2, 0.25) is 0 Å². The number of nitrogens with one attached hydrogen (secondary N) is 2. The molecule has 0 bridgehead atoms. The van der Waals surface area contributed by atoms with E-state index in [1.165, 1.54) is 6.42 Å². The molecule has 0 radical (unpaired) electrons. The summed E-state index contributed by atoms with van der Waals surface area (Å²) in [6, 6.07) is 3.74. The minimum atomic E-state index is -0.248. The molecule has 2 fully saturated rings. The SMILES string of the molecule is COc1ccc(CNC(=O)[C@@]23CCCC[C@H]2CNC3)c(OC)c1OC. The Morgan fingerprint density at radius 3 is 2.72 bits per heavy atom. The molecule has 0 spiro atoms. The standard InChI is InChI=1S/C19H28N2O4/c1-23-15-8-7-13(16(24-2)17(15)25-3)10-21-18(22)19-9-5-4-6-14(19)11-20-12-19/h7-8,14,20H,4-6,9-12H2,1-3H3,(H,21,22)/t14-,19+/m0/s1. The van der Waals surface area contributed by atoms with E-state index in [2.05, 4.69) is 10.6 Å². The van der Waals surface area contributed by atoms with Crippen molar-refractivity contribution in [2.45, 2.75) is 32.2 Å². The number of hydrogen-bond donors (Lipinski definition) is 2. The second-order valence-corrected chi connectivity index (χ2v) is 6.91. The lowest BCUT2D eigenvalue weighted by Crippen LogP contribution is -2.47. The number of methoxy groups -OCH3 is 3. The van der Waals surface area contributed by atoms with Crippen LogP contribution in [0.3, 0.4) is 0 Å². The first-order chi connectivity index (χ1) is 12.2. The van der Waals surface area contributed by atoms with E-state index in [1.807, 2.05) is 12.1 Å². The Balaban J connectivity index is 1.76. The molecular weight excluding hydrogens is 320 g/mol. The molecule has 138 valence electrons. The molecule has 6 nitrogen and oxygen atoms in total. The van der Waals surface area contributed by atoms with Crippen LogP contribution in [0.4, 0.5) is 0 Å². The van der Waals surface area contributed by atoms with Crippen LogP contribution in [-0.2, 0) is 11.3 Å². The highest BCUT2D eigenvalue weighted by Gasteiger charge is 2.49. The van der Waals surface area contributed by atoms with Gasteiger partial charge in [0.25, 0.3) is 0 Å². The summed E-state index contributed by atoms with van der Waals surface area (Å²) < 4.78 is 16.2. The lowest BCUT2D eigenvalue weighted by Gasteiger charge is -2.37. The fourth-order valence-corrected chi connectivity index (χ4v) is 4.34. The van der Waals surface area contributed by atoms with Gasteiger partial charge in [0.1, 0.15) is 0 Å². The molecule has 2 atom stereocenters. The summed E-state index contributed by atoms with van der Waals surface area (Å²) in [6.07, 6.45) is 4.47. The predicted molar refractivity (Wildman–Crippen MR) is 95.2 cm³/mol.